The maximum absolute atomic E-state index is 13.1. The second kappa shape index (κ2) is 7.13. The Balaban J connectivity index is 1.74. The van der Waals surface area contributed by atoms with Crippen molar-refractivity contribution in [3.63, 3.8) is 0 Å². The van der Waals surface area contributed by atoms with Crippen molar-refractivity contribution in [2.45, 2.75) is 39.2 Å². The minimum Gasteiger partial charge on any atom is -0.353 e. The standard InChI is InChI=1S/C18H23FN4O/c1-12-17(11-18(24)21-15-7-9-20-10-8-15)13(2)23(22-12)16-5-3-14(19)4-6-16/h3-6,15,20H,7-11H2,1-2H3,(H,21,24). The van der Waals surface area contributed by atoms with Crippen molar-refractivity contribution in [3.05, 3.63) is 47.0 Å². The van der Waals surface area contributed by atoms with Crippen molar-refractivity contribution in [2.24, 2.45) is 0 Å². The number of benzene rings is 1. The number of amides is 1. The number of aromatic nitrogens is 2. The van der Waals surface area contributed by atoms with E-state index in [1.165, 1.54) is 12.1 Å². The van der Waals surface area contributed by atoms with Crippen LogP contribution in [0.4, 0.5) is 4.39 Å². The molecule has 24 heavy (non-hydrogen) atoms. The Labute approximate surface area is 141 Å². The lowest BCUT2D eigenvalue weighted by molar-refractivity contribution is -0.121. The van der Waals surface area contributed by atoms with Crippen LogP contribution in [0, 0.1) is 19.7 Å². The quantitative estimate of drug-likeness (QED) is 0.902. The van der Waals surface area contributed by atoms with Crippen LogP contribution >= 0.6 is 0 Å². The van der Waals surface area contributed by atoms with Gasteiger partial charge in [-0.25, -0.2) is 9.07 Å². The number of nitrogens with one attached hydrogen (secondary N) is 2. The van der Waals surface area contributed by atoms with Gasteiger partial charge in [-0.15, -0.1) is 0 Å². The van der Waals surface area contributed by atoms with Crippen LogP contribution < -0.4 is 10.6 Å². The molecule has 2 aromatic rings. The highest BCUT2D eigenvalue weighted by atomic mass is 19.1. The molecule has 5 nitrogen and oxygen atoms in total. The highest BCUT2D eigenvalue weighted by Gasteiger charge is 2.19. The highest BCUT2D eigenvalue weighted by Crippen LogP contribution is 2.19. The van der Waals surface area contributed by atoms with E-state index in [0.29, 0.717) is 6.42 Å². The van der Waals surface area contributed by atoms with Gasteiger partial charge in [-0.3, -0.25) is 4.79 Å². The molecule has 0 saturated carbocycles. The highest BCUT2D eigenvalue weighted by molar-refractivity contribution is 5.79. The van der Waals surface area contributed by atoms with Gasteiger partial charge in [-0.2, -0.15) is 5.10 Å². The second-order valence-corrected chi connectivity index (χ2v) is 6.31. The number of nitrogens with zero attached hydrogens (tertiary/aromatic N) is 2. The first-order valence-electron chi connectivity index (χ1n) is 8.35. The maximum atomic E-state index is 13.1. The van der Waals surface area contributed by atoms with E-state index < -0.39 is 0 Å². The molecule has 1 aromatic heterocycles. The van der Waals surface area contributed by atoms with Crippen molar-refractivity contribution in [3.8, 4) is 5.69 Å². The average Bonchev–Trinajstić information content (AvgIpc) is 2.85. The third kappa shape index (κ3) is 3.64. The van der Waals surface area contributed by atoms with Crippen LogP contribution in [0.15, 0.2) is 24.3 Å². The first-order valence-corrected chi connectivity index (χ1v) is 8.35. The van der Waals surface area contributed by atoms with Gasteiger partial charge >= 0.3 is 0 Å². The molecular formula is C18H23FN4O. The zero-order chi connectivity index (χ0) is 17.1. The lowest BCUT2D eigenvalue weighted by atomic mass is 10.1. The lowest BCUT2D eigenvalue weighted by Crippen LogP contribution is -2.43. The van der Waals surface area contributed by atoms with Gasteiger partial charge in [0.05, 0.1) is 17.8 Å². The van der Waals surface area contributed by atoms with E-state index in [0.717, 1.165) is 48.6 Å². The Bertz CT molecular complexity index is 717. The molecule has 1 amide bonds. The summed E-state index contributed by atoms with van der Waals surface area (Å²) >= 11 is 0. The topological polar surface area (TPSA) is 59.0 Å². The molecular weight excluding hydrogens is 307 g/mol. The molecule has 0 atom stereocenters. The van der Waals surface area contributed by atoms with Crippen molar-refractivity contribution in [1.82, 2.24) is 20.4 Å². The third-order valence-corrected chi connectivity index (χ3v) is 4.55. The third-order valence-electron chi connectivity index (χ3n) is 4.55. The SMILES string of the molecule is Cc1nn(-c2ccc(F)cc2)c(C)c1CC(=O)NC1CCNCC1. The Morgan fingerprint density at radius 3 is 2.62 bits per heavy atom. The summed E-state index contributed by atoms with van der Waals surface area (Å²) in [5, 5.41) is 10.9. The van der Waals surface area contributed by atoms with Gasteiger partial charge in [0, 0.05) is 17.3 Å². The van der Waals surface area contributed by atoms with Crippen molar-refractivity contribution < 1.29 is 9.18 Å². The zero-order valence-corrected chi connectivity index (χ0v) is 14.1. The Kier molecular flexibility index (Phi) is 4.94. The summed E-state index contributed by atoms with van der Waals surface area (Å²) in [5.41, 5.74) is 3.48. The van der Waals surface area contributed by atoms with E-state index in [4.69, 9.17) is 0 Å². The largest absolute Gasteiger partial charge is 0.353 e. The van der Waals surface area contributed by atoms with Crippen molar-refractivity contribution in [1.29, 1.82) is 0 Å². The van der Waals surface area contributed by atoms with E-state index in [-0.39, 0.29) is 17.8 Å². The number of hydrogen-bond acceptors (Lipinski definition) is 3. The Hall–Kier alpha value is -2.21. The van der Waals surface area contributed by atoms with E-state index >= 15 is 0 Å². The van der Waals surface area contributed by atoms with Crippen molar-refractivity contribution >= 4 is 5.91 Å². The Morgan fingerprint density at radius 2 is 1.96 bits per heavy atom. The van der Waals surface area contributed by atoms with Gasteiger partial charge in [0.2, 0.25) is 5.91 Å². The van der Waals surface area contributed by atoms with Crippen LogP contribution in [0.5, 0.6) is 0 Å². The molecule has 0 radical (unpaired) electrons. The molecule has 128 valence electrons. The van der Waals surface area contributed by atoms with Crippen molar-refractivity contribution in [2.75, 3.05) is 13.1 Å². The number of aryl methyl sites for hydroxylation is 1. The maximum Gasteiger partial charge on any atom is 0.224 e. The molecule has 6 heteroatoms. The first kappa shape index (κ1) is 16.6. The summed E-state index contributed by atoms with van der Waals surface area (Å²) in [6.45, 7) is 5.74. The summed E-state index contributed by atoms with van der Waals surface area (Å²) in [6, 6.07) is 6.46. The van der Waals surface area contributed by atoms with Gasteiger partial charge in [0.1, 0.15) is 5.82 Å². The molecule has 1 aromatic carbocycles. The molecule has 0 bridgehead atoms. The van der Waals surface area contributed by atoms with E-state index in [2.05, 4.69) is 15.7 Å². The van der Waals surface area contributed by atoms with Crippen LogP contribution in [-0.4, -0.2) is 34.8 Å². The molecule has 0 spiro atoms. The second-order valence-electron chi connectivity index (χ2n) is 6.31. The smallest absolute Gasteiger partial charge is 0.224 e. The van der Waals surface area contributed by atoms with Crippen LogP contribution in [-0.2, 0) is 11.2 Å². The number of hydrogen-bond donors (Lipinski definition) is 2. The lowest BCUT2D eigenvalue weighted by Gasteiger charge is -2.23. The number of carbonyl (C=O) groups is 1. The summed E-state index contributed by atoms with van der Waals surface area (Å²) in [5.74, 6) is -0.242. The Morgan fingerprint density at radius 1 is 1.29 bits per heavy atom. The number of carbonyl (C=O) groups excluding carboxylic acids is 1. The molecule has 0 unspecified atom stereocenters. The summed E-state index contributed by atoms with van der Waals surface area (Å²) < 4.78 is 14.9. The molecule has 1 saturated heterocycles. The normalized spacial score (nSPS) is 15.5. The van der Waals surface area contributed by atoms with Gasteiger partial charge in [0.15, 0.2) is 0 Å². The van der Waals surface area contributed by atoms with Crippen LogP contribution in [0.25, 0.3) is 5.69 Å². The molecule has 1 aliphatic rings. The monoisotopic (exact) mass is 330 g/mol. The van der Waals surface area contributed by atoms with Gasteiger partial charge < -0.3 is 10.6 Å². The molecule has 0 aliphatic carbocycles. The summed E-state index contributed by atoms with van der Waals surface area (Å²) in [7, 11) is 0. The van der Waals surface area contributed by atoms with Gasteiger partial charge in [-0.1, -0.05) is 0 Å². The fourth-order valence-electron chi connectivity index (χ4n) is 3.17. The molecule has 1 aliphatic heterocycles. The fraction of sp³-hybridized carbons (Fsp3) is 0.444. The minimum absolute atomic E-state index is 0.0340. The van der Waals surface area contributed by atoms with Gasteiger partial charge in [0.25, 0.3) is 0 Å². The predicted octanol–water partition coefficient (Wildman–Crippen LogP) is 2.04. The van der Waals surface area contributed by atoms with Crippen LogP contribution in [0.3, 0.4) is 0 Å². The molecule has 2 N–H and O–H groups in total. The summed E-state index contributed by atoms with van der Waals surface area (Å²) in [6.07, 6.45) is 2.26. The molecule has 3 rings (SSSR count). The van der Waals surface area contributed by atoms with Crippen LogP contribution in [0.1, 0.15) is 29.8 Å². The minimum atomic E-state index is -0.276. The average molecular weight is 330 g/mol. The van der Waals surface area contributed by atoms with E-state index in [1.54, 1.807) is 16.8 Å². The fourth-order valence-corrected chi connectivity index (χ4v) is 3.17. The van der Waals surface area contributed by atoms with Gasteiger partial charge in [-0.05, 0) is 64.0 Å². The first-order chi connectivity index (χ1) is 11.5. The van der Waals surface area contributed by atoms with E-state index in [9.17, 15) is 9.18 Å². The predicted molar refractivity (Wildman–Crippen MR) is 90.7 cm³/mol. The van der Waals surface area contributed by atoms with E-state index in [1.807, 2.05) is 13.8 Å². The summed E-state index contributed by atoms with van der Waals surface area (Å²) in [4.78, 5) is 12.4. The van der Waals surface area contributed by atoms with Crippen LogP contribution in [0.2, 0.25) is 0 Å². The number of rotatable bonds is 4. The zero-order valence-electron chi connectivity index (χ0n) is 14.1. The number of halogens is 1. The number of piperidine rings is 1. The molecule has 2 heterocycles. The molecule has 1 fully saturated rings.